The van der Waals surface area contributed by atoms with Crippen molar-refractivity contribution in [2.75, 3.05) is 0 Å². The average molecular weight is 351 g/mol. The van der Waals surface area contributed by atoms with Crippen LogP contribution >= 0.6 is 34.2 Å². The lowest BCUT2D eigenvalue weighted by molar-refractivity contribution is -0.276. The number of ether oxygens (including phenoxy) is 1. The van der Waals surface area contributed by atoms with Crippen molar-refractivity contribution in [1.29, 1.82) is 0 Å². The zero-order chi connectivity index (χ0) is 11.6. The Morgan fingerprint density at radius 3 is 2.60 bits per heavy atom. The standard InChI is InChI=1S/C8H6ClF3INO/c1-4-5(2-9)3-14-7(6(4)13)15-8(10,11)12/h3H,2H2,1H3. The molecule has 0 saturated carbocycles. The second-order valence-electron chi connectivity index (χ2n) is 2.71. The molecule has 7 heteroatoms. The van der Waals surface area contributed by atoms with Gasteiger partial charge >= 0.3 is 6.36 Å². The van der Waals surface area contributed by atoms with E-state index in [2.05, 4.69) is 9.72 Å². The van der Waals surface area contributed by atoms with Crippen LogP contribution in [0.25, 0.3) is 0 Å². The van der Waals surface area contributed by atoms with Gasteiger partial charge in [0.1, 0.15) is 0 Å². The minimum atomic E-state index is -4.72. The zero-order valence-electron chi connectivity index (χ0n) is 7.53. The lowest BCUT2D eigenvalue weighted by atomic mass is 10.2. The molecule has 0 unspecified atom stereocenters. The molecule has 15 heavy (non-hydrogen) atoms. The van der Waals surface area contributed by atoms with Gasteiger partial charge in [0.2, 0.25) is 5.88 Å². The van der Waals surface area contributed by atoms with Gasteiger partial charge in [0.05, 0.1) is 3.57 Å². The van der Waals surface area contributed by atoms with E-state index in [1.54, 1.807) is 29.5 Å². The number of pyridine rings is 1. The molecule has 1 aromatic heterocycles. The normalized spacial score (nSPS) is 11.6. The lowest BCUT2D eigenvalue weighted by Crippen LogP contribution is -2.19. The van der Waals surface area contributed by atoms with Crippen LogP contribution in [-0.2, 0) is 5.88 Å². The van der Waals surface area contributed by atoms with Crippen LogP contribution in [0, 0.1) is 10.5 Å². The van der Waals surface area contributed by atoms with E-state index in [1.165, 1.54) is 6.20 Å². The highest BCUT2D eigenvalue weighted by Crippen LogP contribution is 2.29. The number of hydrogen-bond acceptors (Lipinski definition) is 2. The van der Waals surface area contributed by atoms with Crippen LogP contribution < -0.4 is 4.74 Å². The smallest absolute Gasteiger partial charge is 0.387 e. The van der Waals surface area contributed by atoms with Gasteiger partial charge in [0, 0.05) is 12.1 Å². The van der Waals surface area contributed by atoms with Crippen molar-refractivity contribution in [2.24, 2.45) is 0 Å². The molecule has 0 spiro atoms. The highest BCUT2D eigenvalue weighted by atomic mass is 127. The van der Waals surface area contributed by atoms with E-state index in [4.69, 9.17) is 11.6 Å². The summed E-state index contributed by atoms with van der Waals surface area (Å²) in [6.07, 6.45) is -3.44. The van der Waals surface area contributed by atoms with E-state index in [0.717, 1.165) is 0 Å². The largest absolute Gasteiger partial charge is 0.574 e. The first-order valence-electron chi connectivity index (χ1n) is 3.81. The van der Waals surface area contributed by atoms with Crippen molar-refractivity contribution < 1.29 is 17.9 Å². The highest BCUT2D eigenvalue weighted by molar-refractivity contribution is 14.1. The van der Waals surface area contributed by atoms with Crippen molar-refractivity contribution >= 4 is 34.2 Å². The lowest BCUT2D eigenvalue weighted by Gasteiger charge is -2.12. The fourth-order valence-corrected chi connectivity index (χ4v) is 1.77. The maximum Gasteiger partial charge on any atom is 0.574 e. The maximum atomic E-state index is 11.9. The Morgan fingerprint density at radius 2 is 2.13 bits per heavy atom. The third-order valence-electron chi connectivity index (χ3n) is 1.69. The predicted octanol–water partition coefficient (Wildman–Crippen LogP) is 3.63. The monoisotopic (exact) mass is 351 g/mol. The Labute approximate surface area is 103 Å². The number of aromatic nitrogens is 1. The van der Waals surface area contributed by atoms with Gasteiger partial charge < -0.3 is 4.74 Å². The molecule has 0 aliphatic rings. The van der Waals surface area contributed by atoms with Crippen LogP contribution in [0.5, 0.6) is 5.88 Å². The summed E-state index contributed by atoms with van der Waals surface area (Å²) in [6, 6.07) is 0. The summed E-state index contributed by atoms with van der Waals surface area (Å²) in [5, 5.41) is 0. The van der Waals surface area contributed by atoms with Crippen LogP contribution in [0.15, 0.2) is 6.20 Å². The quantitative estimate of drug-likeness (QED) is 0.600. The first-order chi connectivity index (χ1) is 6.85. The second kappa shape index (κ2) is 4.73. The van der Waals surface area contributed by atoms with Gasteiger partial charge in [-0.2, -0.15) is 0 Å². The van der Waals surface area contributed by atoms with Crippen LogP contribution in [0.3, 0.4) is 0 Å². The van der Waals surface area contributed by atoms with Gasteiger partial charge in [-0.3, -0.25) is 0 Å². The van der Waals surface area contributed by atoms with Crippen LogP contribution in [-0.4, -0.2) is 11.3 Å². The molecule has 2 nitrogen and oxygen atoms in total. The van der Waals surface area contributed by atoms with Gasteiger partial charge in [0.25, 0.3) is 0 Å². The third-order valence-corrected chi connectivity index (χ3v) is 3.25. The van der Waals surface area contributed by atoms with Crippen molar-refractivity contribution in [3.05, 3.63) is 20.9 Å². The first-order valence-corrected chi connectivity index (χ1v) is 5.42. The molecule has 1 heterocycles. The van der Waals surface area contributed by atoms with Crippen LogP contribution in [0.2, 0.25) is 0 Å². The maximum absolute atomic E-state index is 11.9. The fraction of sp³-hybridized carbons (Fsp3) is 0.375. The summed E-state index contributed by atoms with van der Waals surface area (Å²) in [5.41, 5.74) is 1.34. The highest BCUT2D eigenvalue weighted by Gasteiger charge is 2.33. The van der Waals surface area contributed by atoms with E-state index in [9.17, 15) is 13.2 Å². The van der Waals surface area contributed by atoms with Gasteiger partial charge in [-0.15, -0.1) is 24.8 Å². The molecule has 0 fully saturated rings. The van der Waals surface area contributed by atoms with E-state index in [-0.39, 0.29) is 5.88 Å². The zero-order valence-corrected chi connectivity index (χ0v) is 10.4. The molecule has 0 aliphatic heterocycles. The average Bonchev–Trinajstić information content (AvgIpc) is 2.11. The number of hydrogen-bond donors (Lipinski definition) is 0. The SMILES string of the molecule is Cc1c(CCl)cnc(OC(F)(F)F)c1I. The summed E-state index contributed by atoms with van der Waals surface area (Å²) in [6.45, 7) is 1.67. The Hall–Kier alpha value is -0.240. The fourth-order valence-electron chi connectivity index (χ4n) is 0.907. The molecule has 1 aromatic rings. The molecule has 0 aromatic carbocycles. The van der Waals surface area contributed by atoms with E-state index in [1.807, 2.05) is 0 Å². The van der Waals surface area contributed by atoms with Crippen molar-refractivity contribution in [2.45, 2.75) is 19.2 Å². The molecule has 0 N–H and O–H groups in total. The van der Waals surface area contributed by atoms with Crippen molar-refractivity contribution in [3.63, 3.8) is 0 Å². The third kappa shape index (κ3) is 3.37. The molecule has 84 valence electrons. The summed E-state index contributed by atoms with van der Waals surface area (Å²) >= 11 is 7.33. The summed E-state index contributed by atoms with van der Waals surface area (Å²) < 4.78 is 39.9. The molecule has 0 radical (unpaired) electrons. The van der Waals surface area contributed by atoms with E-state index in [0.29, 0.717) is 14.7 Å². The molecule has 0 atom stereocenters. The van der Waals surface area contributed by atoms with Gasteiger partial charge in [-0.1, -0.05) is 0 Å². The Morgan fingerprint density at radius 1 is 1.53 bits per heavy atom. The van der Waals surface area contributed by atoms with Crippen molar-refractivity contribution in [1.82, 2.24) is 4.98 Å². The predicted molar refractivity (Wildman–Crippen MR) is 57.9 cm³/mol. The summed E-state index contributed by atoms with van der Waals surface area (Å²) in [4.78, 5) is 3.56. The number of alkyl halides is 4. The molecule has 1 rings (SSSR count). The van der Waals surface area contributed by atoms with Crippen molar-refractivity contribution in [3.8, 4) is 5.88 Å². The Balaban J connectivity index is 3.07. The molecule has 0 amide bonds. The van der Waals surface area contributed by atoms with Crippen LogP contribution in [0.4, 0.5) is 13.2 Å². The summed E-state index contributed by atoms with van der Waals surface area (Å²) in [7, 11) is 0. The first kappa shape index (κ1) is 12.8. The number of rotatable bonds is 2. The van der Waals surface area contributed by atoms with Crippen LogP contribution in [0.1, 0.15) is 11.1 Å². The molecular weight excluding hydrogens is 345 g/mol. The minimum Gasteiger partial charge on any atom is -0.387 e. The molecule has 0 bridgehead atoms. The van der Waals surface area contributed by atoms with E-state index >= 15 is 0 Å². The van der Waals surface area contributed by atoms with E-state index < -0.39 is 12.2 Å². The van der Waals surface area contributed by atoms with Gasteiger partial charge in [0.15, 0.2) is 0 Å². The van der Waals surface area contributed by atoms with Gasteiger partial charge in [-0.05, 0) is 40.6 Å². The topological polar surface area (TPSA) is 22.1 Å². The van der Waals surface area contributed by atoms with Gasteiger partial charge in [-0.25, -0.2) is 4.98 Å². The Kier molecular flexibility index (Phi) is 4.05. The molecule has 0 saturated heterocycles. The number of halogens is 5. The number of nitrogens with zero attached hydrogens (tertiary/aromatic N) is 1. The molecule has 0 aliphatic carbocycles. The molecular formula is C8H6ClF3INO. The second-order valence-corrected chi connectivity index (χ2v) is 4.06. The summed E-state index contributed by atoms with van der Waals surface area (Å²) in [5.74, 6) is -0.226. The Bertz CT molecular complexity index is 370. The minimum absolute atomic E-state index is 0.209.